The van der Waals surface area contributed by atoms with Gasteiger partial charge in [0, 0.05) is 0 Å². The van der Waals surface area contributed by atoms with Crippen LogP contribution in [0.2, 0.25) is 0 Å². The Morgan fingerprint density at radius 3 is 2.24 bits per heavy atom. The van der Waals surface area contributed by atoms with E-state index in [1.165, 1.54) is 0 Å². The van der Waals surface area contributed by atoms with E-state index in [9.17, 15) is 10.2 Å². The van der Waals surface area contributed by atoms with Gasteiger partial charge in [0.1, 0.15) is 5.75 Å². The van der Waals surface area contributed by atoms with E-state index in [4.69, 9.17) is 0 Å². The first-order valence-corrected chi connectivity index (χ1v) is 6.04. The van der Waals surface area contributed by atoms with Crippen LogP contribution in [0.5, 0.6) is 5.75 Å². The summed E-state index contributed by atoms with van der Waals surface area (Å²) in [5.74, 6) is 0.256. The maximum Gasteiger partial charge on any atom is 0.116 e. The van der Waals surface area contributed by atoms with E-state index >= 15 is 0 Å². The largest absolute Gasteiger partial charge is 0.508 e. The van der Waals surface area contributed by atoms with Gasteiger partial charge in [0.15, 0.2) is 0 Å². The standard InChI is InChI=1S/C15H18O2/c1-3-15(17,4-2)13-7-5-11-6-8-14(16)10-12(11)9-13/h5-10,16-17H,3-4H2,1-2H3. The molecule has 17 heavy (non-hydrogen) atoms. The zero-order valence-electron chi connectivity index (χ0n) is 10.3. The topological polar surface area (TPSA) is 40.5 Å². The molecule has 2 aromatic carbocycles. The molecule has 2 rings (SSSR count). The van der Waals surface area contributed by atoms with Crippen molar-refractivity contribution in [3.05, 3.63) is 42.0 Å². The third kappa shape index (κ3) is 2.13. The molecule has 0 atom stereocenters. The minimum atomic E-state index is -0.764. The van der Waals surface area contributed by atoms with Crippen LogP contribution >= 0.6 is 0 Å². The maximum absolute atomic E-state index is 10.5. The van der Waals surface area contributed by atoms with Gasteiger partial charge < -0.3 is 10.2 Å². The molecule has 0 saturated heterocycles. The highest BCUT2D eigenvalue weighted by Gasteiger charge is 2.24. The molecule has 0 saturated carbocycles. The van der Waals surface area contributed by atoms with Gasteiger partial charge in [-0.15, -0.1) is 0 Å². The number of aromatic hydroxyl groups is 1. The third-order valence-corrected chi connectivity index (χ3v) is 3.53. The Balaban J connectivity index is 2.57. The lowest BCUT2D eigenvalue weighted by molar-refractivity contribution is 0.0285. The predicted octanol–water partition coefficient (Wildman–Crippen LogP) is 3.55. The summed E-state index contributed by atoms with van der Waals surface area (Å²) < 4.78 is 0. The van der Waals surface area contributed by atoms with Crippen LogP contribution in [-0.4, -0.2) is 10.2 Å². The highest BCUT2D eigenvalue weighted by Crippen LogP contribution is 2.31. The minimum Gasteiger partial charge on any atom is -0.508 e. The molecule has 2 heteroatoms. The number of phenols is 1. The first kappa shape index (κ1) is 11.9. The van der Waals surface area contributed by atoms with Crippen molar-refractivity contribution in [1.82, 2.24) is 0 Å². The lowest BCUT2D eigenvalue weighted by Crippen LogP contribution is -2.23. The number of phenolic OH excluding ortho intramolecular Hbond substituents is 1. The maximum atomic E-state index is 10.5. The highest BCUT2D eigenvalue weighted by atomic mass is 16.3. The number of aliphatic hydroxyl groups is 1. The SMILES string of the molecule is CCC(O)(CC)c1ccc2ccc(O)cc2c1. The summed E-state index contributed by atoms with van der Waals surface area (Å²) in [5.41, 5.74) is 0.153. The van der Waals surface area contributed by atoms with Crippen LogP contribution in [0.4, 0.5) is 0 Å². The van der Waals surface area contributed by atoms with Crippen molar-refractivity contribution in [2.45, 2.75) is 32.3 Å². The lowest BCUT2D eigenvalue weighted by atomic mass is 9.87. The average Bonchev–Trinajstić information content (AvgIpc) is 2.37. The quantitative estimate of drug-likeness (QED) is 0.846. The first-order chi connectivity index (χ1) is 8.09. The van der Waals surface area contributed by atoms with Crippen LogP contribution in [0.25, 0.3) is 10.8 Å². The van der Waals surface area contributed by atoms with Crippen molar-refractivity contribution in [2.75, 3.05) is 0 Å². The van der Waals surface area contributed by atoms with E-state index < -0.39 is 5.60 Å². The van der Waals surface area contributed by atoms with Crippen LogP contribution in [-0.2, 0) is 5.60 Å². The Hall–Kier alpha value is -1.54. The molecule has 0 aliphatic heterocycles. The second-order valence-electron chi connectivity index (χ2n) is 4.48. The molecule has 0 heterocycles. The Kier molecular flexibility index (Phi) is 3.07. The molecular weight excluding hydrogens is 212 g/mol. The van der Waals surface area contributed by atoms with Gasteiger partial charge >= 0.3 is 0 Å². The van der Waals surface area contributed by atoms with Crippen LogP contribution in [0.15, 0.2) is 36.4 Å². The van der Waals surface area contributed by atoms with Gasteiger partial charge in [0.25, 0.3) is 0 Å². The molecular formula is C15H18O2. The second kappa shape index (κ2) is 4.38. The average molecular weight is 230 g/mol. The molecule has 0 fully saturated rings. The fraction of sp³-hybridized carbons (Fsp3) is 0.333. The number of benzene rings is 2. The number of fused-ring (bicyclic) bond motifs is 1. The van der Waals surface area contributed by atoms with Gasteiger partial charge in [-0.1, -0.05) is 32.0 Å². The smallest absolute Gasteiger partial charge is 0.116 e. The van der Waals surface area contributed by atoms with E-state index in [1.807, 2.05) is 38.1 Å². The number of hydrogen-bond acceptors (Lipinski definition) is 2. The molecule has 0 bridgehead atoms. The Labute approximate surface area is 102 Å². The molecule has 2 aromatic rings. The Morgan fingerprint density at radius 2 is 1.59 bits per heavy atom. The third-order valence-electron chi connectivity index (χ3n) is 3.53. The van der Waals surface area contributed by atoms with Crippen LogP contribution < -0.4 is 0 Å². The summed E-state index contributed by atoms with van der Waals surface area (Å²) in [6, 6.07) is 11.2. The molecule has 0 amide bonds. The minimum absolute atomic E-state index is 0.256. The van der Waals surface area contributed by atoms with Crippen molar-refractivity contribution in [2.24, 2.45) is 0 Å². The van der Waals surface area contributed by atoms with E-state index in [1.54, 1.807) is 12.1 Å². The van der Waals surface area contributed by atoms with Crippen LogP contribution in [0.3, 0.4) is 0 Å². The summed E-state index contributed by atoms with van der Waals surface area (Å²) in [7, 11) is 0. The molecule has 2 nitrogen and oxygen atoms in total. The molecule has 0 aliphatic carbocycles. The molecule has 0 unspecified atom stereocenters. The van der Waals surface area contributed by atoms with Crippen molar-refractivity contribution in [3.63, 3.8) is 0 Å². The Bertz CT molecular complexity index is 527. The molecule has 90 valence electrons. The first-order valence-electron chi connectivity index (χ1n) is 6.04. The van der Waals surface area contributed by atoms with E-state index in [-0.39, 0.29) is 5.75 Å². The van der Waals surface area contributed by atoms with E-state index in [2.05, 4.69) is 0 Å². The summed E-state index contributed by atoms with van der Waals surface area (Å²) >= 11 is 0. The number of rotatable bonds is 3. The zero-order chi connectivity index (χ0) is 12.5. The van der Waals surface area contributed by atoms with Gasteiger partial charge in [-0.05, 0) is 47.4 Å². The second-order valence-corrected chi connectivity index (χ2v) is 4.48. The number of hydrogen-bond donors (Lipinski definition) is 2. The van der Waals surface area contributed by atoms with Crippen molar-refractivity contribution >= 4 is 10.8 Å². The summed E-state index contributed by atoms with van der Waals surface area (Å²) in [5, 5.41) is 22.0. The van der Waals surface area contributed by atoms with Crippen LogP contribution in [0.1, 0.15) is 32.3 Å². The fourth-order valence-corrected chi connectivity index (χ4v) is 2.18. The van der Waals surface area contributed by atoms with Gasteiger partial charge in [-0.2, -0.15) is 0 Å². The molecule has 0 radical (unpaired) electrons. The molecule has 0 spiro atoms. The monoisotopic (exact) mass is 230 g/mol. The van der Waals surface area contributed by atoms with Gasteiger partial charge in [0.05, 0.1) is 5.60 Å². The van der Waals surface area contributed by atoms with Gasteiger partial charge in [0.2, 0.25) is 0 Å². The van der Waals surface area contributed by atoms with Gasteiger partial charge in [-0.25, -0.2) is 0 Å². The summed E-state index contributed by atoms with van der Waals surface area (Å²) in [6.45, 7) is 3.96. The van der Waals surface area contributed by atoms with Crippen LogP contribution in [0, 0.1) is 0 Å². The highest BCUT2D eigenvalue weighted by molar-refractivity contribution is 5.84. The predicted molar refractivity (Wildman–Crippen MR) is 70.1 cm³/mol. The molecule has 0 aliphatic rings. The summed E-state index contributed by atoms with van der Waals surface area (Å²) in [4.78, 5) is 0. The summed E-state index contributed by atoms with van der Waals surface area (Å²) in [6.07, 6.45) is 1.38. The molecule has 2 N–H and O–H groups in total. The normalized spacial score (nSPS) is 11.9. The molecule has 0 aromatic heterocycles. The Morgan fingerprint density at radius 1 is 0.941 bits per heavy atom. The lowest BCUT2D eigenvalue weighted by Gasteiger charge is -2.26. The fourth-order valence-electron chi connectivity index (χ4n) is 2.18. The van der Waals surface area contributed by atoms with Crippen molar-refractivity contribution < 1.29 is 10.2 Å². The van der Waals surface area contributed by atoms with E-state index in [0.717, 1.165) is 16.3 Å². The van der Waals surface area contributed by atoms with Crippen molar-refractivity contribution in [1.29, 1.82) is 0 Å². The van der Waals surface area contributed by atoms with Crippen molar-refractivity contribution in [3.8, 4) is 5.75 Å². The van der Waals surface area contributed by atoms with E-state index in [0.29, 0.717) is 12.8 Å². The zero-order valence-corrected chi connectivity index (χ0v) is 10.3. The van der Waals surface area contributed by atoms with Gasteiger partial charge in [-0.3, -0.25) is 0 Å².